The number of rotatable bonds is 2. The molecule has 2 aromatic rings. The van der Waals surface area contributed by atoms with Gasteiger partial charge < -0.3 is 4.74 Å². The van der Waals surface area contributed by atoms with Crippen molar-refractivity contribution in [3.63, 3.8) is 0 Å². The van der Waals surface area contributed by atoms with Gasteiger partial charge in [-0.25, -0.2) is 0 Å². The number of hydrogen-bond donors (Lipinski definition) is 0. The van der Waals surface area contributed by atoms with E-state index in [1.165, 1.54) is 0 Å². The first kappa shape index (κ1) is 13.7. The van der Waals surface area contributed by atoms with Crippen molar-refractivity contribution in [2.24, 2.45) is 11.8 Å². The van der Waals surface area contributed by atoms with Crippen LogP contribution in [0.1, 0.15) is 17.5 Å². The van der Waals surface area contributed by atoms with Crippen LogP contribution in [0.4, 0.5) is 0 Å². The van der Waals surface area contributed by atoms with Crippen LogP contribution in [0.3, 0.4) is 0 Å². The number of allylic oxidation sites excluding steroid dienone is 2. The average Bonchev–Trinajstić information content (AvgIpc) is 3.27. The number of carbonyl (C=O) groups is 2. The molecule has 5 rings (SSSR count). The molecule has 2 fully saturated rings. The van der Waals surface area contributed by atoms with Crippen LogP contribution in [0.2, 0.25) is 0 Å². The van der Waals surface area contributed by atoms with E-state index in [0.29, 0.717) is 0 Å². The first-order valence-corrected chi connectivity index (χ1v) is 8.28. The van der Waals surface area contributed by atoms with Gasteiger partial charge in [0.2, 0.25) is 0 Å². The predicted molar refractivity (Wildman–Crippen MR) is 88.1 cm³/mol. The van der Waals surface area contributed by atoms with Crippen LogP contribution >= 0.6 is 0 Å². The van der Waals surface area contributed by atoms with Gasteiger partial charge in [0.15, 0.2) is 0 Å². The highest BCUT2D eigenvalue weighted by molar-refractivity contribution is 6.10. The third-order valence-corrected chi connectivity index (χ3v) is 6.11. The number of ether oxygens (including phenoxy) is 1. The lowest BCUT2D eigenvalue weighted by Gasteiger charge is -2.41. The molecule has 2 aliphatic carbocycles. The summed E-state index contributed by atoms with van der Waals surface area (Å²) in [5.41, 5.74) is -0.152. The maximum absolute atomic E-state index is 13.1. The minimum atomic E-state index is -0.952. The molecule has 1 aliphatic heterocycles. The zero-order chi connectivity index (χ0) is 16.4. The molecule has 1 saturated carbocycles. The summed E-state index contributed by atoms with van der Waals surface area (Å²) in [6.45, 7) is 0. The van der Waals surface area contributed by atoms with E-state index in [9.17, 15) is 9.59 Å². The second-order valence-electron chi connectivity index (χ2n) is 6.86. The zero-order valence-electron chi connectivity index (χ0n) is 13.0. The normalized spacial score (nSPS) is 36.0. The second kappa shape index (κ2) is 4.44. The van der Waals surface area contributed by atoms with E-state index in [2.05, 4.69) is 12.2 Å². The van der Waals surface area contributed by atoms with E-state index in [4.69, 9.17) is 4.74 Å². The highest BCUT2D eigenvalue weighted by atomic mass is 16.6. The van der Waals surface area contributed by atoms with Crippen molar-refractivity contribution in [3.8, 4) is 0 Å². The summed E-state index contributed by atoms with van der Waals surface area (Å²) in [6, 6.07) is 19.3. The van der Waals surface area contributed by atoms with Gasteiger partial charge in [-0.1, -0.05) is 72.8 Å². The molecule has 0 amide bonds. The maximum Gasteiger partial charge on any atom is 0.326 e. The van der Waals surface area contributed by atoms with Gasteiger partial charge in [0, 0.05) is 0 Å². The molecular weight excluding hydrogens is 300 g/mol. The largest absolute Gasteiger partial charge is 0.392 e. The molecule has 0 spiro atoms. The number of carbonyl (C=O) groups excluding carboxylic acids is 2. The number of hydrogen-bond acceptors (Lipinski definition) is 3. The molecule has 118 valence electrons. The molecule has 0 N–H and O–H groups in total. The fourth-order valence-corrected chi connectivity index (χ4v) is 5.32. The van der Waals surface area contributed by atoms with Gasteiger partial charge in [0.1, 0.15) is 10.8 Å². The van der Waals surface area contributed by atoms with Crippen molar-refractivity contribution in [2.45, 2.75) is 17.3 Å². The lowest BCUT2D eigenvalue weighted by Crippen LogP contribution is -2.54. The van der Waals surface area contributed by atoms with Crippen LogP contribution in [0.25, 0.3) is 0 Å². The van der Waals surface area contributed by atoms with E-state index < -0.39 is 22.8 Å². The molecule has 2 bridgehead atoms. The van der Waals surface area contributed by atoms with Crippen molar-refractivity contribution in [1.29, 1.82) is 0 Å². The number of fused-ring (bicyclic) bond motifs is 5. The quantitative estimate of drug-likeness (QED) is 0.486. The second-order valence-corrected chi connectivity index (χ2v) is 6.86. The monoisotopic (exact) mass is 316 g/mol. The van der Waals surface area contributed by atoms with E-state index in [0.717, 1.165) is 17.5 Å². The highest BCUT2D eigenvalue weighted by Gasteiger charge is 2.79. The Hall–Kier alpha value is -2.68. The molecule has 3 aliphatic rings. The van der Waals surface area contributed by atoms with Crippen LogP contribution in [0.15, 0.2) is 72.8 Å². The predicted octanol–water partition coefficient (Wildman–Crippen LogP) is 3.15. The Morgan fingerprint density at radius 3 is 1.54 bits per heavy atom. The van der Waals surface area contributed by atoms with Crippen LogP contribution in [-0.4, -0.2) is 11.9 Å². The molecule has 24 heavy (non-hydrogen) atoms. The highest BCUT2D eigenvalue weighted by Crippen LogP contribution is 2.68. The van der Waals surface area contributed by atoms with Gasteiger partial charge in [0.25, 0.3) is 0 Å². The van der Waals surface area contributed by atoms with Crippen molar-refractivity contribution >= 4 is 11.9 Å². The first-order chi connectivity index (χ1) is 11.7. The minimum Gasteiger partial charge on any atom is -0.392 e. The van der Waals surface area contributed by atoms with E-state index >= 15 is 0 Å². The summed E-state index contributed by atoms with van der Waals surface area (Å²) in [7, 11) is 0. The molecule has 4 atom stereocenters. The zero-order valence-corrected chi connectivity index (χ0v) is 13.0. The first-order valence-electron chi connectivity index (χ1n) is 8.28. The maximum atomic E-state index is 13.1. The Labute approximate surface area is 140 Å². The Balaban J connectivity index is 1.90. The van der Waals surface area contributed by atoms with Crippen LogP contribution in [0, 0.1) is 11.8 Å². The van der Waals surface area contributed by atoms with Crippen molar-refractivity contribution in [3.05, 3.63) is 83.9 Å². The molecule has 0 radical (unpaired) electrons. The Bertz CT molecular complexity index is 799. The van der Waals surface area contributed by atoms with Gasteiger partial charge in [-0.15, -0.1) is 0 Å². The number of cyclic esters (lactones) is 2. The Morgan fingerprint density at radius 1 is 0.708 bits per heavy atom. The third kappa shape index (κ3) is 1.27. The third-order valence-electron chi connectivity index (χ3n) is 6.11. The van der Waals surface area contributed by atoms with Crippen molar-refractivity contribution in [2.75, 3.05) is 0 Å². The smallest absolute Gasteiger partial charge is 0.326 e. The van der Waals surface area contributed by atoms with Crippen LogP contribution in [-0.2, 0) is 25.2 Å². The van der Waals surface area contributed by atoms with Gasteiger partial charge in [-0.2, -0.15) is 0 Å². The number of benzene rings is 2. The Morgan fingerprint density at radius 2 is 1.12 bits per heavy atom. The summed E-state index contributed by atoms with van der Waals surface area (Å²) in [6.07, 6.45) is 5.00. The van der Waals surface area contributed by atoms with Gasteiger partial charge >= 0.3 is 11.9 Å². The topological polar surface area (TPSA) is 43.4 Å². The van der Waals surface area contributed by atoms with Crippen molar-refractivity contribution in [1.82, 2.24) is 0 Å². The summed E-state index contributed by atoms with van der Waals surface area (Å²) in [5, 5.41) is 0. The van der Waals surface area contributed by atoms with Crippen LogP contribution < -0.4 is 0 Å². The molecule has 2 aromatic carbocycles. The molecule has 0 aromatic heterocycles. The molecule has 1 heterocycles. The Kier molecular flexibility index (Phi) is 2.54. The molecule has 3 heteroatoms. The fourth-order valence-electron chi connectivity index (χ4n) is 5.32. The standard InChI is InChI=1S/C21H16O3/c22-18-20(14-7-3-1-4-8-14)16-11-12-17(13-16)21(20,19(23)24-18)15-9-5-2-6-10-15/h1-12,16-17H,13H2. The summed E-state index contributed by atoms with van der Waals surface area (Å²) < 4.78 is 5.31. The van der Waals surface area contributed by atoms with Gasteiger partial charge in [0.05, 0.1) is 0 Å². The van der Waals surface area contributed by atoms with E-state index in [-0.39, 0.29) is 11.8 Å². The molecule has 1 saturated heterocycles. The lowest BCUT2D eigenvalue weighted by molar-refractivity contribution is -0.155. The summed E-state index contributed by atoms with van der Waals surface area (Å²) in [5.74, 6) is -0.827. The fraction of sp³-hybridized carbons (Fsp3) is 0.238. The number of esters is 2. The lowest BCUT2D eigenvalue weighted by atomic mass is 9.53. The summed E-state index contributed by atoms with van der Waals surface area (Å²) >= 11 is 0. The average molecular weight is 316 g/mol. The van der Waals surface area contributed by atoms with E-state index in [1.807, 2.05) is 60.7 Å². The molecular formula is C21H16O3. The van der Waals surface area contributed by atoms with E-state index in [1.54, 1.807) is 0 Å². The van der Waals surface area contributed by atoms with Gasteiger partial charge in [-0.05, 0) is 29.4 Å². The SMILES string of the molecule is O=C1OC(=O)C2(c3ccccc3)C3C=CC(C3)C12c1ccccc1. The molecule has 4 unspecified atom stereocenters. The minimum absolute atomic E-state index is 0.0101. The summed E-state index contributed by atoms with van der Waals surface area (Å²) in [4.78, 5) is 26.2. The van der Waals surface area contributed by atoms with Crippen LogP contribution in [0.5, 0.6) is 0 Å². The van der Waals surface area contributed by atoms with Gasteiger partial charge in [-0.3, -0.25) is 9.59 Å². The molecule has 3 nitrogen and oxygen atoms in total. The van der Waals surface area contributed by atoms with Crippen molar-refractivity contribution < 1.29 is 14.3 Å².